The van der Waals surface area contributed by atoms with Gasteiger partial charge in [-0.2, -0.15) is 4.31 Å². The van der Waals surface area contributed by atoms with Gasteiger partial charge in [-0.15, -0.1) is 0 Å². The van der Waals surface area contributed by atoms with Gasteiger partial charge >= 0.3 is 6.09 Å². The average molecular weight is 370 g/mol. The summed E-state index contributed by atoms with van der Waals surface area (Å²) in [7, 11) is -3.58. The second-order valence-corrected chi connectivity index (χ2v) is 8.71. The molecule has 1 aromatic rings. The van der Waals surface area contributed by atoms with Crippen LogP contribution in [-0.4, -0.2) is 62.1 Å². The van der Waals surface area contributed by atoms with Gasteiger partial charge in [0.2, 0.25) is 10.0 Å². The molecule has 0 N–H and O–H groups in total. The fraction of sp³-hybridized carbons (Fsp3) is 0.588. The number of carbonyl (C=O) groups is 1. The molecule has 0 radical (unpaired) electrons. The summed E-state index contributed by atoms with van der Waals surface area (Å²) in [5, 5.41) is 0. The van der Waals surface area contributed by atoms with Gasteiger partial charge in [-0.3, -0.25) is 0 Å². The summed E-state index contributed by atoms with van der Waals surface area (Å²) >= 11 is 0. The standard InChI is InChI=1S/C17H26N2O5S/c1-5-23-14-6-8-15(9-7-14)25(21,22)19-12-10-18(11-13-19)16(20)24-17(2,3)4/h6-9H,5,10-13H2,1-4H3. The molecule has 1 aromatic carbocycles. The van der Waals surface area contributed by atoms with Crippen molar-refractivity contribution in [3.63, 3.8) is 0 Å². The molecule has 1 aliphatic rings. The van der Waals surface area contributed by atoms with Gasteiger partial charge in [0.25, 0.3) is 0 Å². The van der Waals surface area contributed by atoms with Crippen LogP contribution in [-0.2, 0) is 14.8 Å². The molecule has 1 amide bonds. The van der Waals surface area contributed by atoms with Crippen LogP contribution in [0.1, 0.15) is 27.7 Å². The summed E-state index contributed by atoms with van der Waals surface area (Å²) in [5.74, 6) is 0.635. The van der Waals surface area contributed by atoms with E-state index in [1.807, 2.05) is 6.92 Å². The number of hydrogen-bond donors (Lipinski definition) is 0. The SMILES string of the molecule is CCOc1ccc(S(=O)(=O)N2CCN(C(=O)OC(C)(C)C)CC2)cc1. The number of sulfonamides is 1. The number of nitrogens with zero attached hydrogens (tertiary/aromatic N) is 2. The van der Waals surface area contributed by atoms with Gasteiger partial charge in [0.15, 0.2) is 0 Å². The van der Waals surface area contributed by atoms with E-state index in [9.17, 15) is 13.2 Å². The fourth-order valence-corrected chi connectivity index (χ4v) is 3.88. The van der Waals surface area contributed by atoms with E-state index in [1.165, 1.54) is 9.21 Å². The van der Waals surface area contributed by atoms with Crippen molar-refractivity contribution < 1.29 is 22.7 Å². The van der Waals surface area contributed by atoms with Crippen molar-refractivity contribution >= 4 is 16.1 Å². The lowest BCUT2D eigenvalue weighted by atomic mass is 10.2. The summed E-state index contributed by atoms with van der Waals surface area (Å²) in [4.78, 5) is 13.8. The second kappa shape index (κ2) is 7.61. The zero-order valence-electron chi connectivity index (χ0n) is 15.2. The maximum Gasteiger partial charge on any atom is 0.410 e. The van der Waals surface area contributed by atoms with Gasteiger partial charge in [-0.1, -0.05) is 0 Å². The molecule has 0 unspecified atom stereocenters. The van der Waals surface area contributed by atoms with Crippen molar-refractivity contribution in [2.24, 2.45) is 0 Å². The Labute approximate surface area is 149 Å². The van der Waals surface area contributed by atoms with Crippen LogP contribution in [0.15, 0.2) is 29.2 Å². The maximum atomic E-state index is 12.7. The summed E-state index contributed by atoms with van der Waals surface area (Å²) in [6, 6.07) is 6.38. The fourth-order valence-electron chi connectivity index (χ4n) is 2.46. The Balaban J connectivity index is 2.00. The van der Waals surface area contributed by atoms with Gasteiger partial charge in [-0.05, 0) is 52.0 Å². The first-order valence-electron chi connectivity index (χ1n) is 8.34. The molecule has 0 aromatic heterocycles. The van der Waals surface area contributed by atoms with Crippen molar-refractivity contribution in [2.75, 3.05) is 32.8 Å². The third kappa shape index (κ3) is 5.09. The van der Waals surface area contributed by atoms with Gasteiger partial charge in [-0.25, -0.2) is 13.2 Å². The molecule has 7 nitrogen and oxygen atoms in total. The number of ether oxygens (including phenoxy) is 2. The Kier molecular flexibility index (Phi) is 5.95. The van der Waals surface area contributed by atoms with Gasteiger partial charge in [0, 0.05) is 26.2 Å². The highest BCUT2D eigenvalue weighted by atomic mass is 32.2. The van der Waals surface area contributed by atoms with E-state index in [0.29, 0.717) is 25.4 Å². The van der Waals surface area contributed by atoms with E-state index in [-0.39, 0.29) is 18.0 Å². The van der Waals surface area contributed by atoms with Crippen molar-refractivity contribution in [3.8, 4) is 5.75 Å². The molecule has 1 heterocycles. The van der Waals surface area contributed by atoms with Gasteiger partial charge < -0.3 is 14.4 Å². The summed E-state index contributed by atoms with van der Waals surface area (Å²) in [5.41, 5.74) is -0.567. The van der Waals surface area contributed by atoms with Crippen LogP contribution in [0.2, 0.25) is 0 Å². The van der Waals surface area contributed by atoms with Crippen LogP contribution in [0.3, 0.4) is 0 Å². The molecule has 0 atom stereocenters. The number of carbonyl (C=O) groups excluding carboxylic acids is 1. The van der Waals surface area contributed by atoms with E-state index in [1.54, 1.807) is 45.0 Å². The van der Waals surface area contributed by atoms with Gasteiger partial charge in [0.05, 0.1) is 11.5 Å². The minimum Gasteiger partial charge on any atom is -0.494 e. The largest absolute Gasteiger partial charge is 0.494 e. The van der Waals surface area contributed by atoms with E-state index in [2.05, 4.69) is 0 Å². The number of piperazine rings is 1. The Hall–Kier alpha value is -1.80. The van der Waals surface area contributed by atoms with E-state index < -0.39 is 21.7 Å². The predicted octanol–water partition coefficient (Wildman–Crippen LogP) is 2.33. The lowest BCUT2D eigenvalue weighted by Crippen LogP contribution is -2.51. The number of amides is 1. The molecule has 0 aliphatic carbocycles. The monoisotopic (exact) mass is 370 g/mol. The highest BCUT2D eigenvalue weighted by molar-refractivity contribution is 7.89. The second-order valence-electron chi connectivity index (χ2n) is 6.78. The zero-order valence-corrected chi connectivity index (χ0v) is 16.0. The summed E-state index contributed by atoms with van der Waals surface area (Å²) in [6.07, 6.45) is -0.411. The van der Waals surface area contributed by atoms with Crippen LogP contribution in [0, 0.1) is 0 Å². The quantitative estimate of drug-likeness (QED) is 0.813. The molecule has 1 aliphatic heterocycles. The molecule has 1 saturated heterocycles. The highest BCUT2D eigenvalue weighted by Crippen LogP contribution is 2.21. The molecule has 8 heteroatoms. The molecule has 140 valence electrons. The molecular formula is C17H26N2O5S. The molecule has 0 bridgehead atoms. The number of hydrogen-bond acceptors (Lipinski definition) is 5. The highest BCUT2D eigenvalue weighted by Gasteiger charge is 2.31. The normalized spacial score (nSPS) is 16.6. The smallest absolute Gasteiger partial charge is 0.410 e. The van der Waals surface area contributed by atoms with Crippen LogP contribution in [0.4, 0.5) is 4.79 Å². The summed E-state index contributed by atoms with van der Waals surface area (Å²) in [6.45, 7) is 8.92. The molecule has 0 saturated carbocycles. The lowest BCUT2D eigenvalue weighted by Gasteiger charge is -2.34. The van der Waals surface area contributed by atoms with Crippen molar-refractivity contribution in [3.05, 3.63) is 24.3 Å². The molecule has 25 heavy (non-hydrogen) atoms. The van der Waals surface area contributed by atoms with Crippen LogP contribution >= 0.6 is 0 Å². The Morgan fingerprint density at radius 1 is 1.08 bits per heavy atom. The zero-order chi connectivity index (χ0) is 18.7. The lowest BCUT2D eigenvalue weighted by molar-refractivity contribution is 0.0192. The minimum atomic E-state index is -3.58. The number of benzene rings is 1. The molecular weight excluding hydrogens is 344 g/mol. The third-order valence-corrected chi connectivity index (χ3v) is 5.58. The third-order valence-electron chi connectivity index (χ3n) is 3.66. The van der Waals surface area contributed by atoms with Crippen LogP contribution in [0.5, 0.6) is 5.75 Å². The van der Waals surface area contributed by atoms with Crippen molar-refractivity contribution in [1.82, 2.24) is 9.21 Å². The van der Waals surface area contributed by atoms with Gasteiger partial charge in [0.1, 0.15) is 11.4 Å². The first-order chi connectivity index (χ1) is 11.6. The van der Waals surface area contributed by atoms with Crippen LogP contribution < -0.4 is 4.74 Å². The van der Waals surface area contributed by atoms with Crippen molar-refractivity contribution in [2.45, 2.75) is 38.2 Å². The molecule has 1 fully saturated rings. The average Bonchev–Trinajstić information content (AvgIpc) is 2.54. The maximum absolute atomic E-state index is 12.7. The molecule has 2 rings (SSSR count). The first-order valence-corrected chi connectivity index (χ1v) is 9.78. The topological polar surface area (TPSA) is 76.2 Å². The first kappa shape index (κ1) is 19.5. The Morgan fingerprint density at radius 2 is 1.64 bits per heavy atom. The van der Waals surface area contributed by atoms with Crippen molar-refractivity contribution in [1.29, 1.82) is 0 Å². The predicted molar refractivity (Wildman–Crippen MR) is 94.2 cm³/mol. The number of rotatable bonds is 4. The Bertz CT molecular complexity index is 687. The Morgan fingerprint density at radius 3 is 2.12 bits per heavy atom. The summed E-state index contributed by atoms with van der Waals surface area (Å²) < 4.78 is 37.5. The molecule has 0 spiro atoms. The van der Waals surface area contributed by atoms with E-state index in [4.69, 9.17) is 9.47 Å². The minimum absolute atomic E-state index is 0.224. The van der Waals surface area contributed by atoms with Crippen LogP contribution in [0.25, 0.3) is 0 Å². The van der Waals surface area contributed by atoms with E-state index in [0.717, 1.165) is 0 Å². The van der Waals surface area contributed by atoms with E-state index >= 15 is 0 Å².